The van der Waals surface area contributed by atoms with Gasteiger partial charge in [-0.15, -0.1) is 0 Å². The van der Waals surface area contributed by atoms with Crippen molar-refractivity contribution >= 4 is 50.6 Å². The van der Waals surface area contributed by atoms with Crippen LogP contribution in [0, 0.1) is 21.7 Å². The van der Waals surface area contributed by atoms with E-state index in [0.717, 1.165) is 33.4 Å². The molecule has 2 amide bonds. The molecule has 1 aromatic heterocycles. The van der Waals surface area contributed by atoms with Gasteiger partial charge in [0.25, 0.3) is 0 Å². The van der Waals surface area contributed by atoms with Crippen LogP contribution in [0.1, 0.15) is 0 Å². The first-order valence-electron chi connectivity index (χ1n) is 12.0. The molecule has 2 aromatic carbocycles. The summed E-state index contributed by atoms with van der Waals surface area (Å²) in [6, 6.07) is 12.5. The molecule has 0 aliphatic carbocycles. The second-order valence-corrected chi connectivity index (χ2v) is 10.0. The minimum atomic E-state index is -1.29. The number of hydrogen-bond acceptors (Lipinski definition) is 8. The summed E-state index contributed by atoms with van der Waals surface area (Å²) in [5, 5.41) is 21.4. The van der Waals surface area contributed by atoms with Gasteiger partial charge in [-0.3, -0.25) is 19.9 Å². The molecule has 3 heterocycles. The molecule has 0 radical (unpaired) electrons. The zero-order valence-electron chi connectivity index (χ0n) is 20.4. The van der Waals surface area contributed by atoms with Crippen molar-refractivity contribution in [2.45, 2.75) is 6.10 Å². The van der Waals surface area contributed by atoms with E-state index in [-0.39, 0.29) is 29.5 Å². The Balaban J connectivity index is 1.22. The average molecular weight is 560 g/mol. The molecule has 0 saturated carbocycles. The number of benzene rings is 2. The van der Waals surface area contributed by atoms with Crippen molar-refractivity contribution in [3.05, 3.63) is 76.3 Å². The van der Waals surface area contributed by atoms with Gasteiger partial charge in [-0.25, -0.2) is 18.4 Å². The molecule has 2 aliphatic rings. The molecule has 2 saturated heterocycles. The zero-order valence-corrected chi connectivity index (χ0v) is 21.2. The summed E-state index contributed by atoms with van der Waals surface area (Å²) in [5.74, 6) is -1.04. The fourth-order valence-corrected chi connectivity index (χ4v) is 5.49. The van der Waals surface area contributed by atoms with E-state index in [1.807, 2.05) is 9.80 Å². The first kappa shape index (κ1) is 26.2. The lowest BCUT2D eigenvalue weighted by molar-refractivity contribution is -0.380. The summed E-state index contributed by atoms with van der Waals surface area (Å²) in [7, 11) is 0. The van der Waals surface area contributed by atoms with Gasteiger partial charge >= 0.3 is 17.2 Å². The molecule has 11 nitrogen and oxygen atoms in total. The highest BCUT2D eigenvalue weighted by Gasteiger charge is 2.35. The maximum atomic E-state index is 15.2. The van der Waals surface area contributed by atoms with Crippen LogP contribution in [0.2, 0.25) is 0 Å². The predicted octanol–water partition coefficient (Wildman–Crippen LogP) is 4.77. The highest BCUT2D eigenvalue weighted by atomic mass is 32.1. The number of rotatable bonds is 7. The van der Waals surface area contributed by atoms with Crippen LogP contribution >= 0.6 is 11.3 Å². The van der Waals surface area contributed by atoms with Gasteiger partial charge in [-0.05, 0) is 59.9 Å². The van der Waals surface area contributed by atoms with Crippen molar-refractivity contribution in [2.24, 2.45) is 0 Å². The van der Waals surface area contributed by atoms with Crippen molar-refractivity contribution in [3.8, 4) is 0 Å². The number of ether oxygens (including phenoxy) is 1. The van der Waals surface area contributed by atoms with E-state index in [9.17, 15) is 29.2 Å². The fourth-order valence-electron chi connectivity index (χ4n) is 4.62. The maximum absolute atomic E-state index is 15.2. The van der Waals surface area contributed by atoms with Gasteiger partial charge in [-0.2, -0.15) is 0 Å². The number of carboxylic acid groups (broad SMARTS) is 1. The summed E-state index contributed by atoms with van der Waals surface area (Å²) < 4.78 is 33.8. The molecule has 39 heavy (non-hydrogen) atoms. The Morgan fingerprint density at radius 2 is 1.77 bits per heavy atom. The number of nitro groups is 1. The van der Waals surface area contributed by atoms with Gasteiger partial charge in [0.1, 0.15) is 17.7 Å². The highest BCUT2D eigenvalue weighted by molar-refractivity contribution is 7.19. The van der Waals surface area contributed by atoms with Crippen LogP contribution in [0.3, 0.4) is 0 Å². The Bertz CT molecular complexity index is 1400. The second-order valence-electron chi connectivity index (χ2n) is 8.96. The third-order valence-corrected chi connectivity index (χ3v) is 7.66. The second kappa shape index (κ2) is 10.7. The lowest BCUT2D eigenvalue weighted by Gasteiger charge is -2.36. The van der Waals surface area contributed by atoms with Crippen molar-refractivity contribution in [2.75, 3.05) is 58.9 Å². The summed E-state index contributed by atoms with van der Waals surface area (Å²) in [5.41, 5.74) is 0.871. The molecule has 0 bridgehead atoms. The monoisotopic (exact) mass is 559 g/mol. The number of piperazine rings is 1. The van der Waals surface area contributed by atoms with Crippen molar-refractivity contribution < 1.29 is 33.1 Å². The molecular formula is C25H23F2N5O6S. The molecule has 0 spiro atoms. The first-order chi connectivity index (χ1) is 18.7. The molecule has 3 aromatic rings. The van der Waals surface area contributed by atoms with E-state index >= 15 is 4.39 Å². The third-order valence-electron chi connectivity index (χ3n) is 6.56. The largest absolute Gasteiger partial charge is 0.465 e. The zero-order chi connectivity index (χ0) is 27.7. The number of cyclic esters (lactones) is 1. The summed E-state index contributed by atoms with van der Waals surface area (Å²) >= 11 is 1.10. The Morgan fingerprint density at radius 1 is 1.08 bits per heavy atom. The lowest BCUT2D eigenvalue weighted by Crippen LogP contribution is -2.46. The summed E-state index contributed by atoms with van der Waals surface area (Å²) in [6.45, 7) is 1.96. The molecule has 204 valence electrons. The maximum Gasteiger partial charge on any atom is 0.414 e. The highest BCUT2D eigenvalue weighted by Crippen LogP contribution is 2.34. The molecule has 5 rings (SSSR count). The van der Waals surface area contributed by atoms with E-state index < -0.39 is 34.8 Å². The van der Waals surface area contributed by atoms with E-state index in [4.69, 9.17) is 4.74 Å². The van der Waals surface area contributed by atoms with E-state index in [1.54, 1.807) is 18.2 Å². The number of amides is 2. The number of halogens is 2. The molecule has 2 fully saturated rings. The van der Waals surface area contributed by atoms with Gasteiger partial charge in [0.15, 0.2) is 0 Å². The number of thiophene rings is 1. The SMILES string of the molecule is O=C(O)N(C[C@@H]1CN(c2ccc(N3CCN(c4ccc([N+](=O)[O-])s4)CC3)c(F)c2)C(=O)O1)c1ccc(F)cc1. The van der Waals surface area contributed by atoms with Crippen molar-refractivity contribution in [3.63, 3.8) is 0 Å². The Kier molecular flexibility index (Phi) is 7.19. The quantitative estimate of drug-likeness (QED) is 0.325. The predicted molar refractivity (Wildman–Crippen MR) is 141 cm³/mol. The Labute approximate surface area is 225 Å². The van der Waals surface area contributed by atoms with Gasteiger partial charge in [0.05, 0.1) is 34.4 Å². The molecule has 2 aliphatic heterocycles. The Morgan fingerprint density at radius 3 is 2.38 bits per heavy atom. The molecule has 14 heteroatoms. The molecule has 1 N–H and O–H groups in total. The van der Waals surface area contributed by atoms with Crippen LogP contribution < -0.4 is 19.6 Å². The van der Waals surface area contributed by atoms with E-state index in [1.165, 1.54) is 29.2 Å². The van der Waals surface area contributed by atoms with Crippen LogP contribution in [0.5, 0.6) is 0 Å². The normalized spacial score (nSPS) is 17.3. The fraction of sp³-hybridized carbons (Fsp3) is 0.280. The minimum Gasteiger partial charge on any atom is -0.465 e. The average Bonchev–Trinajstić information content (AvgIpc) is 3.55. The number of carbonyl (C=O) groups is 2. The smallest absolute Gasteiger partial charge is 0.414 e. The summed E-state index contributed by atoms with van der Waals surface area (Å²) in [4.78, 5) is 40.9. The van der Waals surface area contributed by atoms with Crippen LogP contribution in [0.25, 0.3) is 0 Å². The van der Waals surface area contributed by atoms with Gasteiger partial charge in [0.2, 0.25) is 0 Å². The first-order valence-corrected chi connectivity index (χ1v) is 12.8. The number of anilines is 4. The molecular weight excluding hydrogens is 536 g/mol. The van der Waals surface area contributed by atoms with Gasteiger partial charge < -0.3 is 19.6 Å². The minimum absolute atomic E-state index is 0.00815. The van der Waals surface area contributed by atoms with Crippen molar-refractivity contribution in [1.82, 2.24) is 0 Å². The third kappa shape index (κ3) is 5.55. The standard InChI is InChI=1S/C25H23F2N5O6S/c26-16-1-3-17(4-2-16)30(24(33)34)14-19-15-31(25(35)38-19)18-5-6-21(20(27)13-18)28-9-11-29(12-10-28)22-7-8-23(39-22)32(36)37/h1-8,13,19H,9-12,14-15H2,(H,33,34)/t19-/m1/s1. The number of carbonyl (C=O) groups excluding carboxylic acids is 1. The Hall–Kier alpha value is -4.46. The lowest BCUT2D eigenvalue weighted by atomic mass is 10.2. The van der Waals surface area contributed by atoms with E-state index in [2.05, 4.69) is 0 Å². The molecule has 1 atom stereocenters. The van der Waals surface area contributed by atoms with Gasteiger partial charge in [-0.1, -0.05) is 0 Å². The topological polar surface area (TPSA) is 120 Å². The van der Waals surface area contributed by atoms with Crippen LogP contribution in [-0.4, -0.2) is 67.6 Å². The van der Waals surface area contributed by atoms with Crippen molar-refractivity contribution in [1.29, 1.82) is 0 Å². The molecule has 0 unspecified atom stereocenters. The van der Waals surface area contributed by atoms with Crippen LogP contribution in [0.4, 0.5) is 45.4 Å². The van der Waals surface area contributed by atoms with Crippen LogP contribution in [0.15, 0.2) is 54.6 Å². The number of nitrogens with zero attached hydrogens (tertiary/aromatic N) is 5. The number of hydrogen-bond donors (Lipinski definition) is 1. The van der Waals surface area contributed by atoms with Gasteiger partial charge in [0, 0.05) is 37.9 Å². The summed E-state index contributed by atoms with van der Waals surface area (Å²) in [6.07, 6.45) is -2.83. The van der Waals surface area contributed by atoms with E-state index in [0.29, 0.717) is 31.9 Å². The van der Waals surface area contributed by atoms with Crippen LogP contribution in [-0.2, 0) is 4.74 Å².